The van der Waals surface area contributed by atoms with Crippen LogP contribution in [0.25, 0.3) is 0 Å². The quantitative estimate of drug-likeness (QED) is 0.0402. The Balaban J connectivity index is 1.27. The zero-order chi connectivity index (χ0) is 40.3. The van der Waals surface area contributed by atoms with Crippen molar-refractivity contribution in [3.8, 4) is 0 Å². The van der Waals surface area contributed by atoms with E-state index >= 15 is 0 Å². The molecule has 15 heteroatoms. The fraction of sp³-hybridized carbons (Fsp3) is 0.650. The second kappa shape index (κ2) is 20.0. The molecule has 3 heterocycles. The van der Waals surface area contributed by atoms with E-state index in [-0.39, 0.29) is 37.2 Å². The van der Waals surface area contributed by atoms with Gasteiger partial charge in [-0.1, -0.05) is 36.5 Å². The first-order valence-electron chi connectivity index (χ1n) is 19.1. The summed E-state index contributed by atoms with van der Waals surface area (Å²) in [5.74, 6) is -1.13. The molecule has 2 aliphatic heterocycles. The van der Waals surface area contributed by atoms with Crippen LogP contribution < -0.4 is 21.7 Å². The summed E-state index contributed by atoms with van der Waals surface area (Å²) in [5.41, 5.74) is 9.30. The highest BCUT2D eigenvalue weighted by atomic mass is 32.2. The van der Waals surface area contributed by atoms with E-state index in [1.54, 1.807) is 24.9 Å². The maximum Gasteiger partial charge on any atom is 0.407 e. The maximum absolute atomic E-state index is 13.5. The van der Waals surface area contributed by atoms with Crippen molar-refractivity contribution < 1.29 is 42.9 Å². The third-order valence-corrected chi connectivity index (χ3v) is 11.4. The van der Waals surface area contributed by atoms with E-state index in [0.717, 1.165) is 29.7 Å². The van der Waals surface area contributed by atoms with Crippen molar-refractivity contribution in [3.05, 3.63) is 59.5 Å². The molecule has 0 unspecified atom stereocenters. The molecular formula is C40H61N5O9S. The summed E-state index contributed by atoms with van der Waals surface area (Å²) in [7, 11) is 1.61. The number of rotatable bonds is 21. The lowest BCUT2D eigenvalue weighted by molar-refractivity contribution is -0.147. The number of aromatic nitrogens is 1. The minimum absolute atomic E-state index is 0.0125. The number of hydrogen-bond donors (Lipinski definition) is 5. The second-order valence-corrected chi connectivity index (χ2v) is 16.1. The van der Waals surface area contributed by atoms with Crippen molar-refractivity contribution in [3.63, 3.8) is 0 Å². The largest absolute Gasteiger partial charge is 0.462 e. The molecule has 1 aromatic rings. The summed E-state index contributed by atoms with van der Waals surface area (Å²) in [6.45, 7) is 13.8. The molecule has 1 aromatic heterocycles. The van der Waals surface area contributed by atoms with Crippen LogP contribution in [0.3, 0.4) is 0 Å². The third-order valence-electron chi connectivity index (χ3n) is 10.8. The topological polar surface area (TPSA) is 199 Å². The van der Waals surface area contributed by atoms with Gasteiger partial charge >= 0.3 is 12.1 Å². The van der Waals surface area contributed by atoms with Gasteiger partial charge in [-0.2, -0.15) is 11.8 Å². The Bertz CT molecular complexity index is 1570. The Morgan fingerprint density at radius 1 is 1.22 bits per heavy atom. The van der Waals surface area contributed by atoms with Gasteiger partial charge in [0, 0.05) is 31.8 Å². The first kappa shape index (κ1) is 44.1. The lowest BCUT2D eigenvalue weighted by atomic mass is 9.68. The smallest absolute Gasteiger partial charge is 0.407 e. The number of H-pyrrole nitrogens is 1. The number of nitrogens with one attached hydrogen (secondary N) is 4. The van der Waals surface area contributed by atoms with E-state index in [1.807, 2.05) is 31.5 Å². The fourth-order valence-corrected chi connectivity index (χ4v) is 7.92. The van der Waals surface area contributed by atoms with Gasteiger partial charge in [0.1, 0.15) is 42.1 Å². The molecule has 306 valence electrons. The average molecular weight is 788 g/mol. The summed E-state index contributed by atoms with van der Waals surface area (Å²) in [5, 5.41) is 8.09. The Morgan fingerprint density at radius 3 is 2.62 bits per heavy atom. The number of allylic oxidation sites excluding steroid dienone is 4. The normalized spacial score (nSPS) is 27.1. The zero-order valence-electron chi connectivity index (χ0n) is 33.4. The summed E-state index contributed by atoms with van der Waals surface area (Å²) in [6.07, 6.45) is 13.2. The lowest BCUT2D eigenvalue weighted by Gasteiger charge is -2.42. The number of epoxide rings is 2. The van der Waals surface area contributed by atoms with Crippen molar-refractivity contribution in [2.45, 2.75) is 121 Å². The Hall–Kier alpha value is -3.63. The fourth-order valence-electron chi connectivity index (χ4n) is 7.43. The summed E-state index contributed by atoms with van der Waals surface area (Å²) in [4.78, 5) is 55.5. The predicted octanol–water partition coefficient (Wildman–Crippen LogP) is 3.57. The minimum Gasteiger partial charge on any atom is -0.462 e. The molecule has 1 spiro atoms. The van der Waals surface area contributed by atoms with E-state index in [1.165, 1.54) is 12.5 Å². The van der Waals surface area contributed by atoms with Crippen LogP contribution in [0.5, 0.6) is 0 Å². The number of methoxy groups -OCH3 is 1. The second-order valence-electron chi connectivity index (χ2n) is 15.1. The summed E-state index contributed by atoms with van der Waals surface area (Å²) < 4.78 is 29.4. The molecule has 9 atom stereocenters. The summed E-state index contributed by atoms with van der Waals surface area (Å²) >= 11 is 1.57. The highest BCUT2D eigenvalue weighted by Gasteiger charge is 2.72. The van der Waals surface area contributed by atoms with Crippen molar-refractivity contribution >= 4 is 35.6 Å². The van der Waals surface area contributed by atoms with E-state index in [9.17, 15) is 19.2 Å². The van der Waals surface area contributed by atoms with Gasteiger partial charge in [0.25, 0.3) is 0 Å². The Morgan fingerprint density at radius 2 is 1.96 bits per heavy atom. The number of thioether (sulfide) groups is 1. The average Bonchev–Trinajstić information content (AvgIpc) is 4.04. The zero-order valence-corrected chi connectivity index (χ0v) is 34.2. The Kier molecular flexibility index (Phi) is 16.0. The highest BCUT2D eigenvalue weighted by molar-refractivity contribution is 7.98. The van der Waals surface area contributed by atoms with Crippen molar-refractivity contribution in [2.24, 2.45) is 11.7 Å². The minimum atomic E-state index is -1.04. The van der Waals surface area contributed by atoms with Crippen molar-refractivity contribution in [2.75, 3.05) is 38.9 Å². The molecule has 55 heavy (non-hydrogen) atoms. The van der Waals surface area contributed by atoms with Crippen LogP contribution in [0.4, 0.5) is 4.79 Å². The SMILES string of the molecule is C=C/C=C\Cc1[nH]cc(C[C@H](NC(=O)[C@@H](N)CCSC)C(=O)N[C@@H](C)C(=O)OCCNC(=O)O[C@@H]2CC[C@]3(CO3)[C@@H]([C@@]3(C)O[C@@H]3CC=C(C)C)[C@@H]2OC)c1C. The van der Waals surface area contributed by atoms with Gasteiger partial charge in [0.05, 0.1) is 31.2 Å². The van der Waals surface area contributed by atoms with Crippen molar-refractivity contribution in [1.82, 2.24) is 20.9 Å². The van der Waals surface area contributed by atoms with Gasteiger partial charge in [-0.3, -0.25) is 9.59 Å². The standard InChI is InChI=1S/C40H61N5O9S/c1-9-10-11-12-29-25(4)27(22-43-29)21-30(45-35(46)28(41)16-20-55-8)36(47)44-26(5)37(48)51-19-18-42-38(49)53-31-15-17-40(23-52-40)34(33(31)50-7)39(6)32(54-39)14-13-24(2)3/h9-11,13,22,26,28,30-34,43H,1,12,14-21,23,41H2,2-8H3,(H,42,49)(H,44,47)(H,45,46)/b11-10-/t26-,28-,30-,31+,32+,33+,34+,39-,40-/m0/s1. The number of carbonyl (C=O) groups excluding carboxylic acids is 4. The van der Waals surface area contributed by atoms with Crippen LogP contribution in [0.2, 0.25) is 0 Å². The maximum atomic E-state index is 13.5. The van der Waals surface area contributed by atoms with Gasteiger partial charge in [0.15, 0.2) is 0 Å². The molecule has 14 nitrogen and oxygen atoms in total. The monoisotopic (exact) mass is 787 g/mol. The van der Waals surface area contributed by atoms with Gasteiger partial charge in [-0.15, -0.1) is 0 Å². The van der Waals surface area contributed by atoms with Crippen molar-refractivity contribution in [1.29, 1.82) is 0 Å². The van der Waals surface area contributed by atoms with E-state index in [4.69, 9.17) is 29.4 Å². The number of alkyl carbamates (subject to hydrolysis) is 1. The third kappa shape index (κ3) is 11.7. The molecule has 3 amide bonds. The molecule has 4 rings (SSSR count). The first-order valence-corrected chi connectivity index (χ1v) is 20.5. The number of carbonyl (C=O) groups is 4. The van der Waals surface area contributed by atoms with Gasteiger partial charge in [-0.25, -0.2) is 9.59 Å². The lowest BCUT2D eigenvalue weighted by Crippen LogP contribution is -2.56. The molecule has 2 saturated heterocycles. The van der Waals surface area contributed by atoms with E-state index in [2.05, 4.69) is 54.4 Å². The molecule has 3 fully saturated rings. The number of aromatic amines is 1. The van der Waals surface area contributed by atoms with Gasteiger partial charge in [-0.05, 0) is 83.4 Å². The molecule has 3 aliphatic rings. The molecule has 6 N–H and O–H groups in total. The first-order chi connectivity index (χ1) is 26.2. The van der Waals surface area contributed by atoms with Crippen LogP contribution in [0, 0.1) is 12.8 Å². The van der Waals surface area contributed by atoms with Gasteiger partial charge < -0.3 is 50.4 Å². The molecule has 0 aromatic carbocycles. The number of ether oxygens (including phenoxy) is 5. The van der Waals surface area contributed by atoms with E-state index in [0.29, 0.717) is 31.6 Å². The Labute approximate surface area is 329 Å². The molecule has 1 aliphatic carbocycles. The number of hydrogen-bond acceptors (Lipinski definition) is 11. The number of amides is 3. The predicted molar refractivity (Wildman–Crippen MR) is 212 cm³/mol. The van der Waals surface area contributed by atoms with E-state index < -0.39 is 59.8 Å². The number of nitrogens with two attached hydrogens (primary N) is 1. The van der Waals surface area contributed by atoms with Crippen LogP contribution in [-0.4, -0.2) is 115 Å². The van der Waals surface area contributed by atoms with Crippen LogP contribution >= 0.6 is 11.8 Å². The molecule has 0 radical (unpaired) electrons. The molecule has 1 saturated carbocycles. The number of esters is 1. The van der Waals surface area contributed by atoms with Gasteiger partial charge in [0.2, 0.25) is 11.8 Å². The highest BCUT2D eigenvalue weighted by Crippen LogP contribution is 2.59. The van der Waals surface area contributed by atoms with Crippen LogP contribution in [0.15, 0.2) is 42.7 Å². The van der Waals surface area contributed by atoms with Crippen LogP contribution in [0.1, 0.15) is 70.2 Å². The summed E-state index contributed by atoms with van der Waals surface area (Å²) in [6, 6.07) is -2.83. The van der Waals surface area contributed by atoms with Crippen LogP contribution in [-0.2, 0) is 50.9 Å². The molecule has 0 bridgehead atoms. The molecular weight excluding hydrogens is 727 g/mol.